The Kier molecular flexibility index (Phi) is 6.47. The van der Waals surface area contributed by atoms with Gasteiger partial charge in [-0.15, -0.1) is 0 Å². The lowest BCUT2D eigenvalue weighted by molar-refractivity contribution is -0.134. The number of urea groups is 1. The third-order valence-electron chi connectivity index (χ3n) is 9.13. The largest absolute Gasteiger partial charge is 0.383 e. The van der Waals surface area contributed by atoms with Crippen molar-refractivity contribution in [1.29, 1.82) is 0 Å². The average Bonchev–Trinajstić information content (AvgIpc) is 3.34. The maximum absolute atomic E-state index is 13.8. The number of aromatic nitrogens is 1. The molecule has 1 aliphatic heterocycles. The van der Waals surface area contributed by atoms with E-state index in [1.807, 2.05) is 23.2 Å². The van der Waals surface area contributed by atoms with Crippen molar-refractivity contribution >= 4 is 11.9 Å². The Morgan fingerprint density at radius 1 is 1.05 bits per heavy atom. The van der Waals surface area contributed by atoms with E-state index in [2.05, 4.69) is 9.88 Å². The van der Waals surface area contributed by atoms with Crippen LogP contribution in [0.3, 0.4) is 0 Å². The van der Waals surface area contributed by atoms with E-state index in [1.54, 1.807) is 24.1 Å². The van der Waals surface area contributed by atoms with E-state index in [-0.39, 0.29) is 35.9 Å². The first-order valence-corrected chi connectivity index (χ1v) is 13.7. The van der Waals surface area contributed by atoms with Crippen molar-refractivity contribution < 1.29 is 18.7 Å². The second-order valence-electron chi connectivity index (χ2n) is 11.7. The van der Waals surface area contributed by atoms with Gasteiger partial charge in [0.05, 0.1) is 12.6 Å². The summed E-state index contributed by atoms with van der Waals surface area (Å²) in [6, 6.07) is 9.85. The molecule has 3 amide bonds. The molecule has 4 fully saturated rings. The van der Waals surface area contributed by atoms with Crippen LogP contribution in [-0.2, 0) is 16.1 Å². The van der Waals surface area contributed by atoms with Crippen molar-refractivity contribution in [2.24, 2.45) is 17.8 Å². The zero-order chi connectivity index (χ0) is 25.6. The molecule has 0 spiro atoms. The first-order chi connectivity index (χ1) is 17.9. The predicted molar refractivity (Wildman–Crippen MR) is 137 cm³/mol. The summed E-state index contributed by atoms with van der Waals surface area (Å²) in [5, 5.41) is 3.42. The molecule has 1 N–H and O–H groups in total. The Balaban J connectivity index is 1.21. The fourth-order valence-electron chi connectivity index (χ4n) is 7.93. The number of nitrogens with one attached hydrogen (secondary N) is 1. The third kappa shape index (κ3) is 4.76. The van der Waals surface area contributed by atoms with Crippen LogP contribution in [0.15, 0.2) is 42.6 Å². The van der Waals surface area contributed by atoms with Crippen molar-refractivity contribution in [2.45, 2.75) is 56.7 Å². The molecule has 37 heavy (non-hydrogen) atoms. The number of hydrogen-bond acceptors (Lipinski definition) is 3. The highest BCUT2D eigenvalue weighted by atomic mass is 19.1. The number of methoxy groups -OCH3 is 1. The molecule has 1 atom stereocenters. The van der Waals surface area contributed by atoms with E-state index in [0.29, 0.717) is 26.2 Å². The molecule has 0 saturated heterocycles. The molecule has 0 radical (unpaired) electrons. The SMILES string of the molecule is COCCN(CC(=O)N1CCn2cccc2C1c1ccc(F)cc1)C(=O)NC12CC3CC(CC(C3)C1)C2. The van der Waals surface area contributed by atoms with E-state index in [1.165, 1.54) is 31.4 Å². The Hall–Kier alpha value is -2.87. The lowest BCUT2D eigenvalue weighted by atomic mass is 9.53. The smallest absolute Gasteiger partial charge is 0.318 e. The minimum absolute atomic E-state index is 0.0139. The first-order valence-electron chi connectivity index (χ1n) is 13.7. The summed E-state index contributed by atoms with van der Waals surface area (Å²) in [6.07, 6.45) is 9.12. The summed E-state index contributed by atoms with van der Waals surface area (Å²) in [6.45, 7) is 1.91. The molecule has 7 nitrogen and oxygen atoms in total. The van der Waals surface area contributed by atoms with Gasteiger partial charge in [-0.3, -0.25) is 4.79 Å². The Morgan fingerprint density at radius 2 is 1.73 bits per heavy atom. The van der Waals surface area contributed by atoms with Gasteiger partial charge in [0.2, 0.25) is 5.91 Å². The van der Waals surface area contributed by atoms with Crippen molar-refractivity contribution in [3.8, 4) is 0 Å². The summed E-state index contributed by atoms with van der Waals surface area (Å²) in [7, 11) is 1.61. The number of fused-ring (bicyclic) bond motifs is 1. The van der Waals surface area contributed by atoms with Gasteiger partial charge >= 0.3 is 6.03 Å². The van der Waals surface area contributed by atoms with Crippen LogP contribution in [0, 0.1) is 23.6 Å². The fraction of sp³-hybridized carbons (Fsp3) is 0.586. The van der Waals surface area contributed by atoms with Gasteiger partial charge in [-0.1, -0.05) is 12.1 Å². The molecule has 4 aliphatic carbocycles. The summed E-state index contributed by atoms with van der Waals surface area (Å²) in [5.74, 6) is 1.75. The lowest BCUT2D eigenvalue weighted by Gasteiger charge is -2.57. The number of hydrogen-bond donors (Lipinski definition) is 1. The molecule has 7 rings (SSSR count). The number of ether oxygens (including phenoxy) is 1. The number of halogens is 1. The summed E-state index contributed by atoms with van der Waals surface area (Å²) < 4.78 is 21.1. The van der Waals surface area contributed by atoms with Crippen LogP contribution in [0.1, 0.15) is 55.8 Å². The van der Waals surface area contributed by atoms with E-state index in [9.17, 15) is 14.0 Å². The summed E-state index contributed by atoms with van der Waals surface area (Å²) in [5.41, 5.74) is 1.73. The van der Waals surface area contributed by atoms with Gasteiger partial charge in [-0.2, -0.15) is 0 Å². The van der Waals surface area contributed by atoms with Crippen LogP contribution in [-0.4, -0.2) is 65.2 Å². The van der Waals surface area contributed by atoms with E-state index < -0.39 is 0 Å². The summed E-state index contributed by atoms with van der Waals surface area (Å²) >= 11 is 0. The van der Waals surface area contributed by atoms with Gasteiger partial charge in [0.1, 0.15) is 12.4 Å². The molecule has 198 valence electrons. The molecule has 4 bridgehead atoms. The van der Waals surface area contributed by atoms with Crippen LogP contribution in [0.5, 0.6) is 0 Å². The maximum Gasteiger partial charge on any atom is 0.318 e. The van der Waals surface area contributed by atoms with Crippen molar-refractivity contribution in [3.63, 3.8) is 0 Å². The normalized spacial score (nSPS) is 29.7. The van der Waals surface area contributed by atoms with Crippen molar-refractivity contribution in [2.75, 3.05) is 33.4 Å². The molecule has 5 aliphatic rings. The number of carbonyl (C=O) groups is 2. The van der Waals surface area contributed by atoms with Crippen LogP contribution in [0.25, 0.3) is 0 Å². The number of carbonyl (C=O) groups excluding carboxylic acids is 2. The highest BCUT2D eigenvalue weighted by Gasteiger charge is 2.52. The van der Waals surface area contributed by atoms with Crippen LogP contribution < -0.4 is 5.32 Å². The number of benzene rings is 1. The van der Waals surface area contributed by atoms with Crippen LogP contribution in [0.2, 0.25) is 0 Å². The van der Waals surface area contributed by atoms with E-state index in [4.69, 9.17) is 4.74 Å². The van der Waals surface area contributed by atoms with Crippen LogP contribution in [0.4, 0.5) is 9.18 Å². The maximum atomic E-state index is 13.8. The Labute approximate surface area is 217 Å². The fourth-order valence-corrected chi connectivity index (χ4v) is 7.93. The molecular weight excluding hydrogens is 471 g/mol. The van der Waals surface area contributed by atoms with Gasteiger partial charge in [-0.25, -0.2) is 9.18 Å². The van der Waals surface area contributed by atoms with Gasteiger partial charge < -0.3 is 24.4 Å². The molecule has 1 aromatic heterocycles. The monoisotopic (exact) mass is 508 g/mol. The molecule has 2 aromatic rings. The van der Waals surface area contributed by atoms with E-state index in [0.717, 1.165) is 48.3 Å². The number of rotatable bonds is 7. The average molecular weight is 509 g/mol. The zero-order valence-corrected chi connectivity index (χ0v) is 21.6. The van der Waals surface area contributed by atoms with Gasteiger partial charge in [0.15, 0.2) is 0 Å². The second kappa shape index (κ2) is 9.78. The molecule has 1 unspecified atom stereocenters. The van der Waals surface area contributed by atoms with Gasteiger partial charge in [0.25, 0.3) is 0 Å². The zero-order valence-electron chi connectivity index (χ0n) is 21.6. The highest BCUT2D eigenvalue weighted by Crippen LogP contribution is 2.55. The second-order valence-corrected chi connectivity index (χ2v) is 11.7. The van der Waals surface area contributed by atoms with Crippen molar-refractivity contribution in [3.05, 3.63) is 59.7 Å². The number of amides is 3. The van der Waals surface area contributed by atoms with Gasteiger partial charge in [0, 0.05) is 44.2 Å². The molecule has 1 aromatic carbocycles. The minimum Gasteiger partial charge on any atom is -0.383 e. The van der Waals surface area contributed by atoms with Gasteiger partial charge in [-0.05, 0) is 86.1 Å². The highest BCUT2D eigenvalue weighted by molar-refractivity contribution is 5.85. The summed E-state index contributed by atoms with van der Waals surface area (Å²) in [4.78, 5) is 30.9. The quantitative estimate of drug-likeness (QED) is 0.610. The van der Waals surface area contributed by atoms with Crippen molar-refractivity contribution in [1.82, 2.24) is 19.7 Å². The molecular formula is C29H37FN4O3. The lowest BCUT2D eigenvalue weighted by Crippen LogP contribution is -2.62. The Bertz CT molecular complexity index is 1110. The standard InChI is InChI=1S/C29H37FN4O3/c1-37-12-11-33(28(36)31-29-16-20-13-21(17-29)15-22(14-20)18-29)19-26(35)34-10-9-32-8-2-3-25(32)27(34)23-4-6-24(30)7-5-23/h2-8,20-22,27H,9-19H2,1H3,(H,31,36). The number of nitrogens with zero attached hydrogens (tertiary/aromatic N) is 3. The molecule has 2 heterocycles. The first kappa shape index (κ1) is 24.5. The minimum atomic E-state index is -0.327. The molecule has 8 heteroatoms. The van der Waals surface area contributed by atoms with E-state index >= 15 is 0 Å². The third-order valence-corrected chi connectivity index (χ3v) is 9.13. The topological polar surface area (TPSA) is 66.8 Å². The van der Waals surface area contributed by atoms with Crippen LogP contribution >= 0.6 is 0 Å². The Morgan fingerprint density at radius 3 is 2.38 bits per heavy atom. The molecule has 4 saturated carbocycles. The predicted octanol–water partition coefficient (Wildman–Crippen LogP) is 4.19.